The summed E-state index contributed by atoms with van der Waals surface area (Å²) >= 11 is 0. The average molecular weight is 446 g/mol. The Labute approximate surface area is 190 Å². The first-order valence-electron chi connectivity index (χ1n) is 10.0. The van der Waals surface area contributed by atoms with Crippen molar-refractivity contribution < 1.29 is 28.8 Å². The number of carboxylic acid groups (broad SMARTS) is 1. The fourth-order valence-electron chi connectivity index (χ4n) is 3.61. The third kappa shape index (κ3) is 4.36. The number of fused-ring (bicyclic) bond motifs is 1. The molecule has 0 saturated heterocycles. The molecule has 0 aliphatic heterocycles. The van der Waals surface area contributed by atoms with Crippen molar-refractivity contribution in [3.05, 3.63) is 72.3 Å². The highest BCUT2D eigenvalue weighted by molar-refractivity contribution is 6.06. The second kappa shape index (κ2) is 9.44. The van der Waals surface area contributed by atoms with E-state index < -0.39 is 5.97 Å². The molecule has 0 amide bonds. The molecular weight excluding hydrogens is 424 g/mol. The lowest BCUT2D eigenvalue weighted by Crippen LogP contribution is -2.05. The maximum Gasteiger partial charge on any atom is 0.355 e. The van der Waals surface area contributed by atoms with Crippen molar-refractivity contribution in [3.8, 4) is 34.1 Å². The Morgan fingerprint density at radius 3 is 2.30 bits per heavy atom. The summed E-state index contributed by atoms with van der Waals surface area (Å²) < 4.78 is 22.1. The zero-order valence-electron chi connectivity index (χ0n) is 18.4. The molecule has 4 aromatic rings. The summed E-state index contributed by atoms with van der Waals surface area (Å²) in [5.74, 6) is 0.718. The lowest BCUT2D eigenvalue weighted by atomic mass is 9.96. The van der Waals surface area contributed by atoms with Crippen LogP contribution in [0.25, 0.3) is 21.9 Å². The number of pyridine rings is 2. The van der Waals surface area contributed by atoms with Gasteiger partial charge in [0.25, 0.3) is 0 Å². The highest BCUT2D eigenvalue weighted by Crippen LogP contribution is 2.43. The average Bonchev–Trinajstić information content (AvgIpc) is 2.86. The molecule has 33 heavy (non-hydrogen) atoms. The van der Waals surface area contributed by atoms with Gasteiger partial charge in [-0.1, -0.05) is 6.07 Å². The van der Waals surface area contributed by atoms with Crippen LogP contribution >= 0.6 is 0 Å². The first-order valence-corrected chi connectivity index (χ1v) is 10.0. The number of benzene rings is 2. The first kappa shape index (κ1) is 21.9. The van der Waals surface area contributed by atoms with Crippen LogP contribution in [-0.4, -0.2) is 42.4 Å². The molecule has 0 saturated carbocycles. The van der Waals surface area contributed by atoms with E-state index in [1.807, 2.05) is 30.3 Å². The van der Waals surface area contributed by atoms with Gasteiger partial charge >= 0.3 is 5.97 Å². The van der Waals surface area contributed by atoms with E-state index in [1.165, 1.54) is 27.5 Å². The molecule has 168 valence electrons. The Kier molecular flexibility index (Phi) is 6.26. The number of ether oxygens (including phenoxy) is 4. The van der Waals surface area contributed by atoms with E-state index >= 15 is 0 Å². The van der Waals surface area contributed by atoms with Crippen LogP contribution in [0.1, 0.15) is 16.2 Å². The van der Waals surface area contributed by atoms with Gasteiger partial charge in [-0.2, -0.15) is 0 Å². The number of aromatic carboxylic acids is 1. The summed E-state index contributed by atoms with van der Waals surface area (Å²) in [6.07, 6.45) is 3.23. The van der Waals surface area contributed by atoms with Crippen LogP contribution in [0.2, 0.25) is 0 Å². The van der Waals surface area contributed by atoms with Crippen molar-refractivity contribution >= 4 is 16.7 Å². The monoisotopic (exact) mass is 446 g/mol. The third-order valence-corrected chi connectivity index (χ3v) is 5.13. The summed E-state index contributed by atoms with van der Waals surface area (Å²) in [4.78, 5) is 20.5. The molecular formula is C25H22N2O6. The summed E-state index contributed by atoms with van der Waals surface area (Å²) in [7, 11) is 4.52. The molecule has 8 nitrogen and oxygen atoms in total. The van der Waals surface area contributed by atoms with Gasteiger partial charge < -0.3 is 24.1 Å². The fraction of sp³-hybridized carbons (Fsp3) is 0.160. The quantitative estimate of drug-likeness (QED) is 0.419. The summed E-state index contributed by atoms with van der Waals surface area (Å²) in [6, 6.07) is 14.4. The normalized spacial score (nSPS) is 10.6. The maximum absolute atomic E-state index is 12.0. The minimum atomic E-state index is -1.14. The number of nitrogens with zero attached hydrogens (tertiary/aromatic N) is 2. The van der Waals surface area contributed by atoms with Crippen LogP contribution in [0.15, 0.2) is 60.9 Å². The summed E-state index contributed by atoms with van der Waals surface area (Å²) in [5, 5.41) is 11.2. The van der Waals surface area contributed by atoms with E-state index in [-0.39, 0.29) is 5.69 Å². The lowest BCUT2D eigenvalue weighted by molar-refractivity contribution is 0.0691. The fourth-order valence-corrected chi connectivity index (χ4v) is 3.61. The van der Waals surface area contributed by atoms with Crippen LogP contribution in [0.4, 0.5) is 0 Å². The standard InChI is InChI=1S/C25H22N2O6/c1-30-20-11-15(12-21(31-2)24(20)32-3)22-19-8-7-18(33-14-17-6-4-5-9-26-17)10-16(19)13-27-23(22)25(28)29/h4-13H,14H2,1-3H3,(H,28,29). The molecule has 0 aliphatic carbocycles. The van der Waals surface area contributed by atoms with Crippen LogP contribution in [-0.2, 0) is 6.61 Å². The molecule has 0 radical (unpaired) electrons. The molecule has 2 aromatic heterocycles. The minimum absolute atomic E-state index is 0.0843. The van der Waals surface area contributed by atoms with E-state index in [2.05, 4.69) is 9.97 Å². The van der Waals surface area contributed by atoms with Crippen molar-refractivity contribution in [2.45, 2.75) is 6.61 Å². The molecule has 1 N–H and O–H groups in total. The highest BCUT2D eigenvalue weighted by atomic mass is 16.5. The third-order valence-electron chi connectivity index (χ3n) is 5.13. The van der Waals surface area contributed by atoms with Gasteiger partial charge in [-0.3, -0.25) is 4.98 Å². The Hall–Kier alpha value is -4.33. The largest absolute Gasteiger partial charge is 0.493 e. The van der Waals surface area contributed by atoms with E-state index in [0.29, 0.717) is 46.1 Å². The Morgan fingerprint density at radius 1 is 0.939 bits per heavy atom. The smallest absolute Gasteiger partial charge is 0.355 e. The van der Waals surface area contributed by atoms with Crippen LogP contribution in [0.5, 0.6) is 23.0 Å². The summed E-state index contributed by atoms with van der Waals surface area (Å²) in [5.41, 5.74) is 1.73. The zero-order valence-corrected chi connectivity index (χ0v) is 18.4. The van der Waals surface area contributed by atoms with Gasteiger partial charge in [0, 0.05) is 23.3 Å². The van der Waals surface area contributed by atoms with E-state index in [0.717, 1.165) is 11.1 Å². The Balaban J connectivity index is 1.83. The molecule has 0 fully saturated rings. The van der Waals surface area contributed by atoms with E-state index in [9.17, 15) is 9.90 Å². The van der Waals surface area contributed by atoms with Gasteiger partial charge in [0.1, 0.15) is 12.4 Å². The topological polar surface area (TPSA) is 100 Å². The first-order chi connectivity index (χ1) is 16.0. The van der Waals surface area contributed by atoms with Crippen molar-refractivity contribution in [1.29, 1.82) is 0 Å². The van der Waals surface area contributed by atoms with Gasteiger partial charge in [0.15, 0.2) is 17.2 Å². The van der Waals surface area contributed by atoms with Crippen LogP contribution < -0.4 is 18.9 Å². The molecule has 0 unspecified atom stereocenters. The molecule has 2 aromatic carbocycles. The molecule has 2 heterocycles. The number of carbonyl (C=O) groups is 1. The number of hydrogen-bond donors (Lipinski definition) is 1. The van der Waals surface area contributed by atoms with Crippen molar-refractivity contribution in [3.63, 3.8) is 0 Å². The van der Waals surface area contributed by atoms with Crippen molar-refractivity contribution in [2.75, 3.05) is 21.3 Å². The molecule has 4 rings (SSSR count). The molecule has 0 bridgehead atoms. The number of hydrogen-bond acceptors (Lipinski definition) is 7. The van der Waals surface area contributed by atoms with E-state index in [1.54, 1.807) is 24.4 Å². The molecule has 0 aliphatic rings. The van der Waals surface area contributed by atoms with Gasteiger partial charge in [-0.05, 0) is 53.4 Å². The predicted molar refractivity (Wildman–Crippen MR) is 122 cm³/mol. The second-order valence-corrected chi connectivity index (χ2v) is 7.06. The zero-order chi connectivity index (χ0) is 23.4. The van der Waals surface area contributed by atoms with Crippen LogP contribution in [0.3, 0.4) is 0 Å². The highest BCUT2D eigenvalue weighted by Gasteiger charge is 2.21. The lowest BCUT2D eigenvalue weighted by Gasteiger charge is -2.16. The van der Waals surface area contributed by atoms with Crippen molar-refractivity contribution in [2.24, 2.45) is 0 Å². The van der Waals surface area contributed by atoms with Gasteiger partial charge in [0.05, 0.1) is 27.0 Å². The molecule has 0 atom stereocenters. The molecule has 0 spiro atoms. The number of carboxylic acids is 1. The minimum Gasteiger partial charge on any atom is -0.493 e. The van der Waals surface area contributed by atoms with Gasteiger partial charge in [-0.15, -0.1) is 0 Å². The predicted octanol–water partition coefficient (Wildman–Crippen LogP) is 4.60. The van der Waals surface area contributed by atoms with Crippen molar-refractivity contribution in [1.82, 2.24) is 9.97 Å². The maximum atomic E-state index is 12.0. The van der Waals surface area contributed by atoms with Crippen LogP contribution in [0, 0.1) is 0 Å². The number of rotatable bonds is 8. The number of methoxy groups -OCH3 is 3. The summed E-state index contributed by atoms with van der Waals surface area (Å²) in [6.45, 7) is 0.312. The Morgan fingerprint density at radius 2 is 1.70 bits per heavy atom. The van der Waals surface area contributed by atoms with E-state index in [4.69, 9.17) is 18.9 Å². The van der Waals surface area contributed by atoms with Gasteiger partial charge in [-0.25, -0.2) is 9.78 Å². The second-order valence-electron chi connectivity index (χ2n) is 7.06. The SMILES string of the molecule is COc1cc(-c2c(C(=O)O)ncc3cc(OCc4ccccn4)ccc23)cc(OC)c1OC. The Bertz CT molecular complexity index is 1280. The molecule has 8 heteroatoms. The van der Waals surface area contributed by atoms with Gasteiger partial charge in [0.2, 0.25) is 5.75 Å². The number of aromatic nitrogens is 2.